The molecule has 1 heterocycles. The number of amides is 1. The van der Waals surface area contributed by atoms with Crippen LogP contribution in [-0.4, -0.2) is 17.3 Å². The number of carbonyl (C=O) groups excluding carboxylic acids is 1. The minimum Gasteiger partial charge on any atom is -0.312 e. The van der Waals surface area contributed by atoms with Crippen molar-refractivity contribution >= 4 is 27.5 Å². The largest absolute Gasteiger partial charge is 0.312 e. The number of halogens is 1. The van der Waals surface area contributed by atoms with Gasteiger partial charge in [-0.25, -0.2) is 0 Å². The fraction of sp³-hybridized carbons (Fsp3) is 0.632. The highest BCUT2D eigenvalue weighted by Crippen LogP contribution is 2.31. The molecule has 3 heteroatoms. The monoisotopic (exact) mass is 365 g/mol. The molecular weight excluding hydrogens is 338 g/mol. The van der Waals surface area contributed by atoms with Gasteiger partial charge in [0.15, 0.2) is 0 Å². The van der Waals surface area contributed by atoms with E-state index in [2.05, 4.69) is 54.9 Å². The van der Waals surface area contributed by atoms with E-state index in [1.165, 1.54) is 11.1 Å². The van der Waals surface area contributed by atoms with E-state index >= 15 is 0 Å². The van der Waals surface area contributed by atoms with Crippen molar-refractivity contribution in [2.45, 2.75) is 64.1 Å². The molecular formula is C19H28BrNO. The van der Waals surface area contributed by atoms with Gasteiger partial charge >= 0.3 is 0 Å². The predicted molar refractivity (Wildman–Crippen MR) is 97.9 cm³/mol. The van der Waals surface area contributed by atoms with Crippen LogP contribution >= 0.6 is 15.9 Å². The third-order valence-electron chi connectivity index (χ3n) is 4.76. The number of alkyl halides is 1. The summed E-state index contributed by atoms with van der Waals surface area (Å²) >= 11 is 3.72. The van der Waals surface area contributed by atoms with Crippen molar-refractivity contribution in [2.75, 3.05) is 11.4 Å². The van der Waals surface area contributed by atoms with Crippen LogP contribution < -0.4 is 4.90 Å². The number of anilines is 1. The zero-order chi connectivity index (χ0) is 16.1. The fourth-order valence-electron chi connectivity index (χ4n) is 3.26. The lowest BCUT2D eigenvalue weighted by Gasteiger charge is -2.32. The highest BCUT2D eigenvalue weighted by atomic mass is 79.9. The van der Waals surface area contributed by atoms with E-state index in [0.717, 1.165) is 50.8 Å². The van der Waals surface area contributed by atoms with Gasteiger partial charge in [0.1, 0.15) is 0 Å². The Morgan fingerprint density at radius 3 is 2.59 bits per heavy atom. The van der Waals surface area contributed by atoms with Crippen LogP contribution in [0.2, 0.25) is 0 Å². The van der Waals surface area contributed by atoms with Crippen molar-refractivity contribution in [1.29, 1.82) is 0 Å². The lowest BCUT2D eigenvalue weighted by Crippen LogP contribution is -2.39. The van der Waals surface area contributed by atoms with Crippen LogP contribution in [0, 0.1) is 5.92 Å². The Labute approximate surface area is 143 Å². The average molecular weight is 366 g/mol. The smallest absolute Gasteiger partial charge is 0.230 e. The third kappa shape index (κ3) is 3.92. The second kappa shape index (κ2) is 8.14. The zero-order valence-electron chi connectivity index (χ0n) is 14.1. The Balaban J connectivity index is 2.22. The molecule has 0 bridgehead atoms. The van der Waals surface area contributed by atoms with E-state index in [0.29, 0.717) is 10.7 Å². The summed E-state index contributed by atoms with van der Waals surface area (Å²) in [6, 6.07) is 6.67. The van der Waals surface area contributed by atoms with Crippen molar-refractivity contribution in [3.63, 3.8) is 0 Å². The Morgan fingerprint density at radius 2 is 1.95 bits per heavy atom. The summed E-state index contributed by atoms with van der Waals surface area (Å²) in [6.07, 6.45) is 6.23. The standard InChI is InChI=1S/C19H28BrNO/c1-4-15(5-2)19(22)21-11-7-8-16-12-14(9-10-18(16)21)13-17(20)6-3/h9-10,12,15,17H,4-8,11,13H2,1-3H3. The van der Waals surface area contributed by atoms with Gasteiger partial charge in [0, 0.05) is 23.0 Å². The topological polar surface area (TPSA) is 20.3 Å². The van der Waals surface area contributed by atoms with Crippen LogP contribution in [0.4, 0.5) is 5.69 Å². The summed E-state index contributed by atoms with van der Waals surface area (Å²) in [5, 5.41) is 0. The SMILES string of the molecule is CCC(Br)Cc1ccc2c(c1)CCCN2C(=O)C(CC)CC. The maximum atomic E-state index is 12.8. The molecule has 2 rings (SSSR count). The van der Waals surface area contributed by atoms with Gasteiger partial charge in [-0.15, -0.1) is 0 Å². The van der Waals surface area contributed by atoms with Crippen molar-refractivity contribution in [1.82, 2.24) is 0 Å². The summed E-state index contributed by atoms with van der Waals surface area (Å²) in [6.45, 7) is 7.30. The fourth-order valence-corrected chi connectivity index (χ4v) is 3.64. The number of carbonyl (C=O) groups is 1. The Hall–Kier alpha value is -0.830. The molecule has 0 spiro atoms. The molecule has 0 aromatic heterocycles. The highest BCUT2D eigenvalue weighted by molar-refractivity contribution is 9.09. The number of hydrogen-bond acceptors (Lipinski definition) is 1. The van der Waals surface area contributed by atoms with E-state index in [9.17, 15) is 4.79 Å². The van der Waals surface area contributed by atoms with E-state index in [4.69, 9.17) is 0 Å². The molecule has 0 saturated heterocycles. The molecule has 0 saturated carbocycles. The maximum Gasteiger partial charge on any atom is 0.230 e. The molecule has 1 aliphatic heterocycles. The van der Waals surface area contributed by atoms with E-state index in [1.807, 2.05) is 4.90 Å². The van der Waals surface area contributed by atoms with Gasteiger partial charge in [-0.1, -0.05) is 48.8 Å². The minimum atomic E-state index is 0.164. The summed E-state index contributed by atoms with van der Waals surface area (Å²) in [4.78, 5) is 15.3. The van der Waals surface area contributed by atoms with Crippen LogP contribution in [0.15, 0.2) is 18.2 Å². The molecule has 1 amide bonds. The molecule has 2 nitrogen and oxygen atoms in total. The highest BCUT2D eigenvalue weighted by Gasteiger charge is 2.26. The molecule has 0 N–H and O–H groups in total. The van der Waals surface area contributed by atoms with E-state index in [1.54, 1.807) is 0 Å². The molecule has 1 unspecified atom stereocenters. The summed E-state index contributed by atoms with van der Waals surface area (Å²) < 4.78 is 0. The first-order valence-electron chi connectivity index (χ1n) is 8.67. The first-order chi connectivity index (χ1) is 10.6. The van der Waals surface area contributed by atoms with Crippen LogP contribution in [-0.2, 0) is 17.6 Å². The summed E-state index contributed by atoms with van der Waals surface area (Å²) in [5.74, 6) is 0.475. The quantitative estimate of drug-likeness (QED) is 0.640. The van der Waals surface area contributed by atoms with Crippen LogP contribution in [0.25, 0.3) is 0 Å². The third-order valence-corrected chi connectivity index (χ3v) is 5.73. The van der Waals surface area contributed by atoms with Gasteiger partial charge in [-0.3, -0.25) is 4.79 Å². The molecule has 1 aromatic carbocycles. The molecule has 122 valence electrons. The van der Waals surface area contributed by atoms with Gasteiger partial charge in [0.2, 0.25) is 5.91 Å². The second-order valence-electron chi connectivity index (χ2n) is 6.28. The molecule has 0 fully saturated rings. The lowest BCUT2D eigenvalue weighted by molar-refractivity contribution is -0.122. The predicted octanol–water partition coefficient (Wildman–Crippen LogP) is 5.12. The van der Waals surface area contributed by atoms with Gasteiger partial charge in [0.25, 0.3) is 0 Å². The van der Waals surface area contributed by atoms with Crippen molar-refractivity contribution in [3.05, 3.63) is 29.3 Å². The van der Waals surface area contributed by atoms with Crippen LogP contribution in [0.3, 0.4) is 0 Å². The maximum absolute atomic E-state index is 12.8. The minimum absolute atomic E-state index is 0.164. The number of fused-ring (bicyclic) bond motifs is 1. The molecule has 1 atom stereocenters. The Bertz CT molecular complexity index is 510. The van der Waals surface area contributed by atoms with Crippen molar-refractivity contribution < 1.29 is 4.79 Å². The first kappa shape index (κ1) is 17.5. The molecule has 1 aliphatic rings. The number of aryl methyl sites for hydroxylation is 1. The summed E-state index contributed by atoms with van der Waals surface area (Å²) in [5.41, 5.74) is 3.87. The summed E-state index contributed by atoms with van der Waals surface area (Å²) in [7, 11) is 0. The van der Waals surface area contributed by atoms with Crippen molar-refractivity contribution in [3.8, 4) is 0 Å². The number of nitrogens with zero attached hydrogens (tertiary/aromatic N) is 1. The second-order valence-corrected chi connectivity index (χ2v) is 7.57. The van der Waals surface area contributed by atoms with Gasteiger partial charge in [-0.05, 0) is 55.7 Å². The lowest BCUT2D eigenvalue weighted by atomic mass is 9.94. The molecule has 0 radical (unpaired) electrons. The first-order valence-corrected chi connectivity index (χ1v) is 9.59. The van der Waals surface area contributed by atoms with Gasteiger partial charge < -0.3 is 4.90 Å². The van der Waals surface area contributed by atoms with Crippen LogP contribution in [0.1, 0.15) is 57.6 Å². The average Bonchev–Trinajstić information content (AvgIpc) is 2.54. The molecule has 0 aliphatic carbocycles. The van der Waals surface area contributed by atoms with Gasteiger partial charge in [-0.2, -0.15) is 0 Å². The number of rotatable bonds is 6. The number of benzene rings is 1. The number of hydrogen-bond donors (Lipinski definition) is 0. The molecule has 1 aromatic rings. The van der Waals surface area contributed by atoms with E-state index < -0.39 is 0 Å². The molecule has 22 heavy (non-hydrogen) atoms. The Morgan fingerprint density at radius 1 is 1.23 bits per heavy atom. The van der Waals surface area contributed by atoms with Crippen LogP contribution in [0.5, 0.6) is 0 Å². The normalized spacial score (nSPS) is 15.8. The Kier molecular flexibility index (Phi) is 6.49. The van der Waals surface area contributed by atoms with E-state index in [-0.39, 0.29) is 5.92 Å². The van der Waals surface area contributed by atoms with Crippen molar-refractivity contribution in [2.24, 2.45) is 5.92 Å². The zero-order valence-corrected chi connectivity index (χ0v) is 15.7. The van der Waals surface area contributed by atoms with Gasteiger partial charge in [0.05, 0.1) is 0 Å².